The summed E-state index contributed by atoms with van der Waals surface area (Å²) in [6.07, 6.45) is 1.11. The SMILES string of the molecule is CC(C(=O)O)c1ccc(NC(=O)CCCC(=O)N(C)C)cc1. The summed E-state index contributed by atoms with van der Waals surface area (Å²) in [5.74, 6) is -1.63. The minimum atomic E-state index is -0.887. The molecule has 1 unspecified atom stereocenters. The predicted molar refractivity (Wildman–Crippen MR) is 83.7 cm³/mol. The number of nitrogens with zero attached hydrogens (tertiary/aromatic N) is 1. The molecule has 1 atom stereocenters. The van der Waals surface area contributed by atoms with Gasteiger partial charge in [0.05, 0.1) is 5.92 Å². The zero-order chi connectivity index (χ0) is 16.7. The average Bonchev–Trinajstić information content (AvgIpc) is 2.46. The number of rotatable bonds is 7. The number of carboxylic acid groups (broad SMARTS) is 1. The van der Waals surface area contributed by atoms with Crippen LogP contribution in [0.4, 0.5) is 5.69 Å². The first-order valence-electron chi connectivity index (χ1n) is 7.14. The molecule has 0 aliphatic rings. The maximum atomic E-state index is 11.8. The Labute approximate surface area is 130 Å². The van der Waals surface area contributed by atoms with E-state index in [4.69, 9.17) is 5.11 Å². The molecule has 0 saturated heterocycles. The second-order valence-corrected chi connectivity index (χ2v) is 5.37. The minimum absolute atomic E-state index is 0.000175. The lowest BCUT2D eigenvalue weighted by atomic mass is 10.0. The Bertz CT molecular complexity index is 538. The molecule has 120 valence electrons. The van der Waals surface area contributed by atoms with E-state index in [9.17, 15) is 14.4 Å². The molecule has 1 aromatic rings. The number of carboxylic acids is 1. The number of nitrogens with one attached hydrogen (secondary N) is 1. The van der Waals surface area contributed by atoms with Crippen molar-refractivity contribution in [1.82, 2.24) is 4.90 Å². The number of carbonyl (C=O) groups excluding carboxylic acids is 2. The van der Waals surface area contributed by atoms with Crippen molar-refractivity contribution in [3.8, 4) is 0 Å². The van der Waals surface area contributed by atoms with Crippen LogP contribution in [0.25, 0.3) is 0 Å². The zero-order valence-corrected chi connectivity index (χ0v) is 13.1. The van der Waals surface area contributed by atoms with Gasteiger partial charge in [-0.15, -0.1) is 0 Å². The van der Waals surface area contributed by atoms with E-state index in [0.29, 0.717) is 24.1 Å². The molecular weight excluding hydrogens is 284 g/mol. The van der Waals surface area contributed by atoms with Gasteiger partial charge in [-0.1, -0.05) is 12.1 Å². The molecule has 6 nitrogen and oxygen atoms in total. The van der Waals surface area contributed by atoms with Crippen LogP contribution >= 0.6 is 0 Å². The van der Waals surface area contributed by atoms with Crippen molar-refractivity contribution in [1.29, 1.82) is 0 Å². The fourth-order valence-corrected chi connectivity index (χ4v) is 1.84. The summed E-state index contributed by atoms with van der Waals surface area (Å²) in [4.78, 5) is 35.5. The number of hydrogen-bond acceptors (Lipinski definition) is 3. The van der Waals surface area contributed by atoms with Gasteiger partial charge in [0.1, 0.15) is 0 Å². The van der Waals surface area contributed by atoms with Crippen LogP contribution < -0.4 is 5.32 Å². The van der Waals surface area contributed by atoms with Crippen LogP contribution in [0.3, 0.4) is 0 Å². The highest BCUT2D eigenvalue weighted by Gasteiger charge is 2.13. The molecule has 2 amide bonds. The van der Waals surface area contributed by atoms with E-state index in [1.807, 2.05) is 0 Å². The summed E-state index contributed by atoms with van der Waals surface area (Å²) in [6.45, 7) is 1.61. The van der Waals surface area contributed by atoms with Crippen molar-refractivity contribution in [3.05, 3.63) is 29.8 Å². The van der Waals surface area contributed by atoms with Crippen molar-refractivity contribution in [2.24, 2.45) is 0 Å². The number of carbonyl (C=O) groups is 3. The van der Waals surface area contributed by atoms with Gasteiger partial charge in [-0.2, -0.15) is 0 Å². The normalized spacial score (nSPS) is 11.6. The molecule has 0 aliphatic heterocycles. The smallest absolute Gasteiger partial charge is 0.310 e. The lowest BCUT2D eigenvalue weighted by Crippen LogP contribution is -2.21. The van der Waals surface area contributed by atoms with Crippen molar-refractivity contribution in [3.63, 3.8) is 0 Å². The molecule has 1 rings (SSSR count). The van der Waals surface area contributed by atoms with Crippen LogP contribution in [0, 0.1) is 0 Å². The number of benzene rings is 1. The van der Waals surface area contributed by atoms with Crippen molar-refractivity contribution in [2.45, 2.75) is 32.1 Å². The Morgan fingerprint density at radius 3 is 2.23 bits per heavy atom. The monoisotopic (exact) mass is 306 g/mol. The third-order valence-electron chi connectivity index (χ3n) is 3.36. The standard InChI is InChI=1S/C16H22N2O4/c1-11(16(21)22)12-7-9-13(10-8-12)17-14(19)5-4-6-15(20)18(2)3/h7-11H,4-6H2,1-3H3,(H,17,19)(H,21,22). The molecular formula is C16H22N2O4. The van der Waals surface area contributed by atoms with E-state index in [1.54, 1.807) is 45.3 Å². The first-order valence-corrected chi connectivity index (χ1v) is 7.14. The Balaban J connectivity index is 2.45. The second-order valence-electron chi connectivity index (χ2n) is 5.37. The Morgan fingerprint density at radius 2 is 1.73 bits per heavy atom. The van der Waals surface area contributed by atoms with Crippen LogP contribution in [-0.2, 0) is 14.4 Å². The van der Waals surface area contributed by atoms with Crippen LogP contribution in [0.5, 0.6) is 0 Å². The highest BCUT2D eigenvalue weighted by Crippen LogP contribution is 2.18. The predicted octanol–water partition coefficient (Wildman–Crippen LogP) is 2.07. The summed E-state index contributed by atoms with van der Waals surface area (Å²) >= 11 is 0. The molecule has 0 saturated carbocycles. The Kier molecular flexibility index (Phi) is 6.56. The number of aliphatic carboxylic acids is 1. The van der Waals surface area contributed by atoms with Crippen LogP contribution in [0.2, 0.25) is 0 Å². The van der Waals surface area contributed by atoms with Crippen molar-refractivity contribution in [2.75, 3.05) is 19.4 Å². The summed E-state index contributed by atoms with van der Waals surface area (Å²) < 4.78 is 0. The number of amides is 2. The highest BCUT2D eigenvalue weighted by molar-refractivity contribution is 5.91. The molecule has 0 bridgehead atoms. The largest absolute Gasteiger partial charge is 0.481 e. The first kappa shape index (κ1) is 17.7. The van der Waals surface area contributed by atoms with Gasteiger partial charge in [0.15, 0.2) is 0 Å². The molecule has 0 aliphatic carbocycles. The van der Waals surface area contributed by atoms with E-state index in [1.165, 1.54) is 4.90 Å². The molecule has 2 N–H and O–H groups in total. The van der Waals surface area contributed by atoms with Gasteiger partial charge >= 0.3 is 5.97 Å². The van der Waals surface area contributed by atoms with Crippen molar-refractivity contribution >= 4 is 23.5 Å². The van der Waals surface area contributed by atoms with Crippen LogP contribution in [0.15, 0.2) is 24.3 Å². The Morgan fingerprint density at radius 1 is 1.14 bits per heavy atom. The molecule has 1 aromatic carbocycles. The van der Waals surface area contributed by atoms with Gasteiger partial charge in [-0.25, -0.2) is 0 Å². The van der Waals surface area contributed by atoms with E-state index >= 15 is 0 Å². The molecule has 0 radical (unpaired) electrons. The van der Waals surface area contributed by atoms with E-state index in [0.717, 1.165) is 0 Å². The summed E-state index contributed by atoms with van der Waals surface area (Å²) in [6, 6.07) is 6.73. The van der Waals surface area contributed by atoms with Gasteiger partial charge < -0.3 is 15.3 Å². The van der Waals surface area contributed by atoms with Gasteiger partial charge in [0, 0.05) is 32.6 Å². The quantitative estimate of drug-likeness (QED) is 0.807. The molecule has 0 spiro atoms. The molecule has 0 heterocycles. The van der Waals surface area contributed by atoms with Crippen LogP contribution in [-0.4, -0.2) is 41.9 Å². The van der Waals surface area contributed by atoms with Crippen LogP contribution in [0.1, 0.15) is 37.7 Å². The zero-order valence-electron chi connectivity index (χ0n) is 13.1. The Hall–Kier alpha value is -2.37. The van der Waals surface area contributed by atoms with Gasteiger partial charge in [-0.3, -0.25) is 14.4 Å². The van der Waals surface area contributed by atoms with E-state index < -0.39 is 11.9 Å². The van der Waals surface area contributed by atoms with E-state index in [2.05, 4.69) is 5.32 Å². The summed E-state index contributed by atoms with van der Waals surface area (Å²) in [5.41, 5.74) is 1.30. The van der Waals surface area contributed by atoms with Gasteiger partial charge in [-0.05, 0) is 31.0 Å². The molecule has 6 heteroatoms. The molecule has 0 fully saturated rings. The first-order chi connectivity index (χ1) is 10.3. The molecule has 0 aromatic heterocycles. The lowest BCUT2D eigenvalue weighted by molar-refractivity contribution is -0.138. The topological polar surface area (TPSA) is 86.7 Å². The third-order valence-corrected chi connectivity index (χ3v) is 3.36. The maximum Gasteiger partial charge on any atom is 0.310 e. The maximum absolute atomic E-state index is 11.8. The van der Waals surface area contributed by atoms with E-state index in [-0.39, 0.29) is 18.2 Å². The van der Waals surface area contributed by atoms with Crippen molar-refractivity contribution < 1.29 is 19.5 Å². The minimum Gasteiger partial charge on any atom is -0.481 e. The van der Waals surface area contributed by atoms with Gasteiger partial charge in [0.2, 0.25) is 11.8 Å². The summed E-state index contributed by atoms with van der Waals surface area (Å²) in [7, 11) is 3.37. The van der Waals surface area contributed by atoms with Gasteiger partial charge in [0.25, 0.3) is 0 Å². The highest BCUT2D eigenvalue weighted by atomic mass is 16.4. The molecule has 22 heavy (non-hydrogen) atoms. The summed E-state index contributed by atoms with van der Waals surface area (Å²) in [5, 5.41) is 11.7. The second kappa shape index (κ2) is 8.17. The number of hydrogen-bond donors (Lipinski definition) is 2. The average molecular weight is 306 g/mol. The lowest BCUT2D eigenvalue weighted by Gasteiger charge is -2.10. The fraction of sp³-hybridized carbons (Fsp3) is 0.438. The fourth-order valence-electron chi connectivity index (χ4n) is 1.84. The third kappa shape index (κ3) is 5.55. The number of anilines is 1.